The molecule has 1 aliphatic rings. The van der Waals surface area contributed by atoms with Gasteiger partial charge in [-0.3, -0.25) is 0 Å². The third kappa shape index (κ3) is 3.85. The number of benzene rings is 1. The molecule has 94 valence electrons. The summed E-state index contributed by atoms with van der Waals surface area (Å²) in [6, 6.07) is 9.04. The van der Waals surface area contributed by atoms with Crippen molar-refractivity contribution in [2.45, 2.75) is 39.5 Å². The van der Waals surface area contributed by atoms with Gasteiger partial charge in [-0.15, -0.1) is 0 Å². The van der Waals surface area contributed by atoms with Crippen LogP contribution in [0.5, 0.6) is 0 Å². The Hall–Kier alpha value is -0.820. The third-order valence-corrected chi connectivity index (χ3v) is 4.12. The number of piperidine rings is 1. The molecule has 1 heteroatoms. The van der Waals surface area contributed by atoms with Gasteiger partial charge in [0, 0.05) is 0 Å². The smallest absolute Gasteiger partial charge is 0.00162 e. The van der Waals surface area contributed by atoms with E-state index in [1.807, 2.05) is 0 Å². The van der Waals surface area contributed by atoms with Crippen LogP contribution < -0.4 is 0 Å². The van der Waals surface area contributed by atoms with Gasteiger partial charge in [-0.2, -0.15) is 0 Å². The van der Waals surface area contributed by atoms with Crippen LogP contribution in [0.2, 0.25) is 0 Å². The van der Waals surface area contributed by atoms with Crippen LogP contribution in [0.1, 0.15) is 37.3 Å². The number of hydrogen-bond acceptors (Lipinski definition) is 1. The molecule has 0 aromatic heterocycles. The highest BCUT2D eigenvalue weighted by atomic mass is 15.1. The SMILES string of the molecule is CCN1CCC(CCc2ccc(C)cc2)CC1. The highest BCUT2D eigenvalue weighted by Crippen LogP contribution is 2.22. The first-order valence-electron chi connectivity index (χ1n) is 7.06. The fourth-order valence-corrected chi connectivity index (χ4v) is 2.72. The highest BCUT2D eigenvalue weighted by Gasteiger charge is 2.17. The number of likely N-dealkylation sites (tertiary alicyclic amines) is 1. The van der Waals surface area contributed by atoms with Gasteiger partial charge in [0.2, 0.25) is 0 Å². The summed E-state index contributed by atoms with van der Waals surface area (Å²) >= 11 is 0. The van der Waals surface area contributed by atoms with Crippen LogP contribution in [0.3, 0.4) is 0 Å². The zero-order chi connectivity index (χ0) is 12.1. The molecule has 0 amide bonds. The summed E-state index contributed by atoms with van der Waals surface area (Å²) in [5.74, 6) is 0.958. The van der Waals surface area contributed by atoms with Gasteiger partial charge in [0.1, 0.15) is 0 Å². The maximum absolute atomic E-state index is 2.57. The standard InChI is InChI=1S/C16H25N/c1-3-17-12-10-16(11-13-17)9-8-15-6-4-14(2)5-7-15/h4-7,16H,3,8-13H2,1-2H3. The van der Waals surface area contributed by atoms with Gasteiger partial charge >= 0.3 is 0 Å². The van der Waals surface area contributed by atoms with Crippen molar-refractivity contribution in [1.29, 1.82) is 0 Å². The van der Waals surface area contributed by atoms with Crippen molar-refractivity contribution >= 4 is 0 Å². The zero-order valence-electron chi connectivity index (χ0n) is 11.3. The molecule has 0 N–H and O–H groups in total. The predicted molar refractivity (Wildman–Crippen MR) is 74.3 cm³/mol. The van der Waals surface area contributed by atoms with Gasteiger partial charge in [0.15, 0.2) is 0 Å². The van der Waals surface area contributed by atoms with Crippen LogP contribution in [-0.4, -0.2) is 24.5 Å². The van der Waals surface area contributed by atoms with Crippen LogP contribution >= 0.6 is 0 Å². The molecule has 0 aliphatic carbocycles. The van der Waals surface area contributed by atoms with E-state index in [1.165, 1.54) is 56.4 Å². The van der Waals surface area contributed by atoms with Crippen LogP contribution in [0.25, 0.3) is 0 Å². The molecule has 1 aromatic carbocycles. The Kier molecular flexibility index (Phi) is 4.61. The van der Waals surface area contributed by atoms with Crippen molar-refractivity contribution < 1.29 is 0 Å². The molecule has 1 aliphatic heterocycles. The maximum atomic E-state index is 2.57. The average Bonchev–Trinajstić information content (AvgIpc) is 2.39. The Morgan fingerprint density at radius 1 is 1.12 bits per heavy atom. The lowest BCUT2D eigenvalue weighted by atomic mass is 9.90. The van der Waals surface area contributed by atoms with Crippen LogP contribution in [0.4, 0.5) is 0 Å². The second kappa shape index (κ2) is 6.20. The van der Waals surface area contributed by atoms with E-state index in [9.17, 15) is 0 Å². The Morgan fingerprint density at radius 3 is 2.35 bits per heavy atom. The molecular formula is C16H25N. The first-order valence-corrected chi connectivity index (χ1v) is 7.06. The zero-order valence-corrected chi connectivity index (χ0v) is 11.3. The Bertz CT molecular complexity index is 320. The fourth-order valence-electron chi connectivity index (χ4n) is 2.72. The number of aryl methyl sites for hydroxylation is 2. The third-order valence-electron chi connectivity index (χ3n) is 4.12. The fraction of sp³-hybridized carbons (Fsp3) is 0.625. The monoisotopic (exact) mass is 231 g/mol. The lowest BCUT2D eigenvalue weighted by Gasteiger charge is -2.31. The van der Waals surface area contributed by atoms with Crippen molar-refractivity contribution in [3.63, 3.8) is 0 Å². The molecule has 0 spiro atoms. The summed E-state index contributed by atoms with van der Waals surface area (Å²) in [6.45, 7) is 8.28. The molecule has 1 heterocycles. The van der Waals surface area contributed by atoms with Gasteiger partial charge in [-0.25, -0.2) is 0 Å². The van der Waals surface area contributed by atoms with E-state index in [-0.39, 0.29) is 0 Å². The Balaban J connectivity index is 1.74. The summed E-state index contributed by atoms with van der Waals surface area (Å²) in [6.07, 6.45) is 5.44. The van der Waals surface area contributed by atoms with E-state index in [0.29, 0.717) is 0 Å². The number of rotatable bonds is 4. The molecule has 2 rings (SSSR count). The van der Waals surface area contributed by atoms with Gasteiger partial charge in [-0.05, 0) is 63.7 Å². The average molecular weight is 231 g/mol. The van der Waals surface area contributed by atoms with Gasteiger partial charge < -0.3 is 4.90 Å². The number of nitrogens with zero attached hydrogens (tertiary/aromatic N) is 1. The van der Waals surface area contributed by atoms with E-state index in [0.717, 1.165) is 5.92 Å². The summed E-state index contributed by atoms with van der Waals surface area (Å²) < 4.78 is 0. The Morgan fingerprint density at radius 2 is 1.76 bits per heavy atom. The lowest BCUT2D eigenvalue weighted by Crippen LogP contribution is -2.33. The predicted octanol–water partition coefficient (Wildman–Crippen LogP) is 3.66. The van der Waals surface area contributed by atoms with Crippen molar-refractivity contribution in [2.24, 2.45) is 5.92 Å². The van der Waals surface area contributed by atoms with Crippen molar-refractivity contribution in [3.05, 3.63) is 35.4 Å². The molecule has 0 atom stereocenters. The van der Waals surface area contributed by atoms with E-state index in [1.54, 1.807) is 0 Å². The van der Waals surface area contributed by atoms with E-state index < -0.39 is 0 Å². The highest BCUT2D eigenvalue weighted by molar-refractivity contribution is 5.21. The van der Waals surface area contributed by atoms with Gasteiger partial charge in [-0.1, -0.05) is 36.8 Å². The first-order chi connectivity index (χ1) is 8.28. The molecule has 0 bridgehead atoms. The van der Waals surface area contributed by atoms with Crippen molar-refractivity contribution in [3.8, 4) is 0 Å². The summed E-state index contributed by atoms with van der Waals surface area (Å²) in [4.78, 5) is 2.57. The molecular weight excluding hydrogens is 206 g/mol. The van der Waals surface area contributed by atoms with Crippen molar-refractivity contribution in [2.75, 3.05) is 19.6 Å². The summed E-state index contributed by atoms with van der Waals surface area (Å²) in [5, 5.41) is 0. The largest absolute Gasteiger partial charge is 0.304 e. The van der Waals surface area contributed by atoms with E-state index in [4.69, 9.17) is 0 Å². The van der Waals surface area contributed by atoms with Gasteiger partial charge in [0.25, 0.3) is 0 Å². The number of hydrogen-bond donors (Lipinski definition) is 0. The normalized spacial score (nSPS) is 18.5. The summed E-state index contributed by atoms with van der Waals surface area (Å²) in [5.41, 5.74) is 2.87. The van der Waals surface area contributed by atoms with Gasteiger partial charge in [0.05, 0.1) is 0 Å². The topological polar surface area (TPSA) is 3.24 Å². The summed E-state index contributed by atoms with van der Waals surface area (Å²) in [7, 11) is 0. The quantitative estimate of drug-likeness (QED) is 0.764. The lowest BCUT2D eigenvalue weighted by molar-refractivity contribution is 0.187. The second-order valence-electron chi connectivity index (χ2n) is 5.40. The minimum Gasteiger partial charge on any atom is -0.304 e. The van der Waals surface area contributed by atoms with E-state index >= 15 is 0 Å². The molecule has 0 radical (unpaired) electrons. The molecule has 1 aromatic rings. The minimum absolute atomic E-state index is 0.958. The van der Waals surface area contributed by atoms with Crippen LogP contribution in [0.15, 0.2) is 24.3 Å². The minimum atomic E-state index is 0.958. The van der Waals surface area contributed by atoms with E-state index in [2.05, 4.69) is 43.0 Å². The molecule has 1 saturated heterocycles. The van der Waals surface area contributed by atoms with Crippen LogP contribution in [0, 0.1) is 12.8 Å². The maximum Gasteiger partial charge on any atom is -0.00162 e. The van der Waals surface area contributed by atoms with Crippen molar-refractivity contribution in [1.82, 2.24) is 4.90 Å². The second-order valence-corrected chi connectivity index (χ2v) is 5.40. The molecule has 1 nitrogen and oxygen atoms in total. The molecule has 0 saturated carbocycles. The Labute approximate surface area is 106 Å². The molecule has 0 unspecified atom stereocenters. The first kappa shape index (κ1) is 12.6. The molecule has 17 heavy (non-hydrogen) atoms. The van der Waals surface area contributed by atoms with Crippen LogP contribution in [-0.2, 0) is 6.42 Å². The molecule has 1 fully saturated rings.